The van der Waals surface area contributed by atoms with Crippen LogP contribution in [0.5, 0.6) is 0 Å². The van der Waals surface area contributed by atoms with E-state index in [4.69, 9.17) is 9.52 Å². The number of carboxylic acid groups (broad SMARTS) is 1. The molecule has 0 spiro atoms. The first-order valence-corrected chi connectivity index (χ1v) is 9.16. The average Bonchev–Trinajstić information content (AvgIpc) is 3.25. The minimum Gasteiger partial charge on any atom is -0.478 e. The van der Waals surface area contributed by atoms with E-state index in [0.29, 0.717) is 11.4 Å². The zero-order valence-corrected chi connectivity index (χ0v) is 15.3. The summed E-state index contributed by atoms with van der Waals surface area (Å²) in [5, 5.41) is 14.9. The van der Waals surface area contributed by atoms with Crippen molar-refractivity contribution in [2.45, 2.75) is 12.3 Å². The monoisotopic (exact) mass is 419 g/mol. The van der Waals surface area contributed by atoms with Gasteiger partial charge in [0, 0.05) is 21.7 Å². The molecule has 1 atom stereocenters. The van der Waals surface area contributed by atoms with Crippen molar-refractivity contribution in [2.75, 3.05) is 5.32 Å². The number of anilines is 1. The van der Waals surface area contributed by atoms with Crippen molar-refractivity contribution >= 4 is 44.8 Å². The van der Waals surface area contributed by atoms with Gasteiger partial charge in [0.1, 0.15) is 5.76 Å². The second-order valence-corrected chi connectivity index (χ2v) is 7.04. The average molecular weight is 420 g/mol. The molecule has 3 aromatic rings. The minimum absolute atomic E-state index is 0.0940. The summed E-state index contributed by atoms with van der Waals surface area (Å²) in [6, 6.07) is 11.3. The molecule has 5 nitrogen and oxygen atoms in total. The largest absolute Gasteiger partial charge is 0.478 e. The Bertz CT molecular complexity index is 871. The van der Waals surface area contributed by atoms with Gasteiger partial charge < -0.3 is 14.8 Å². The highest BCUT2D eigenvalue weighted by Gasteiger charge is 2.22. The van der Waals surface area contributed by atoms with Crippen molar-refractivity contribution in [3.8, 4) is 0 Å². The van der Waals surface area contributed by atoms with Crippen molar-refractivity contribution < 1.29 is 19.1 Å². The summed E-state index contributed by atoms with van der Waals surface area (Å²) in [5.74, 6) is -0.909. The number of hydrogen-bond acceptors (Lipinski definition) is 4. The molecule has 1 aromatic carbocycles. The fourth-order valence-corrected chi connectivity index (χ4v) is 3.53. The lowest BCUT2D eigenvalue weighted by Crippen LogP contribution is -2.17. The second-order valence-electron chi connectivity index (χ2n) is 5.38. The van der Waals surface area contributed by atoms with Crippen LogP contribution in [0.25, 0.3) is 0 Å². The van der Waals surface area contributed by atoms with Crippen molar-refractivity contribution in [2.24, 2.45) is 0 Å². The van der Waals surface area contributed by atoms with Crippen LogP contribution in [0.4, 0.5) is 5.69 Å². The van der Waals surface area contributed by atoms with Crippen LogP contribution < -0.4 is 5.32 Å². The molecule has 2 aromatic heterocycles. The van der Waals surface area contributed by atoms with E-state index in [1.165, 1.54) is 16.7 Å². The number of carboxylic acids is 1. The van der Waals surface area contributed by atoms with Crippen LogP contribution in [0.3, 0.4) is 0 Å². The number of hydrogen-bond donors (Lipinski definition) is 2. The standard InChI is InChI=1S/C18H14BrNO4S/c19-12-5-3-11(4-6-12)13(16-2-1-7-24-16)8-17(21)20-15-10-25-9-14(15)18(22)23/h1-7,9-10,13H,8H2,(H,20,21)(H,22,23). The third kappa shape index (κ3) is 4.18. The summed E-state index contributed by atoms with van der Waals surface area (Å²) in [7, 11) is 0. The first-order valence-electron chi connectivity index (χ1n) is 7.43. The highest BCUT2D eigenvalue weighted by Crippen LogP contribution is 2.30. The number of aromatic carboxylic acids is 1. The van der Waals surface area contributed by atoms with E-state index in [0.717, 1.165) is 10.0 Å². The molecule has 2 N–H and O–H groups in total. The van der Waals surface area contributed by atoms with Crippen LogP contribution in [0, 0.1) is 0 Å². The van der Waals surface area contributed by atoms with E-state index < -0.39 is 5.97 Å². The number of rotatable bonds is 6. The molecule has 0 aliphatic rings. The number of nitrogens with one attached hydrogen (secondary N) is 1. The van der Waals surface area contributed by atoms with Crippen LogP contribution in [0.2, 0.25) is 0 Å². The highest BCUT2D eigenvalue weighted by molar-refractivity contribution is 9.10. The van der Waals surface area contributed by atoms with Crippen molar-refractivity contribution in [1.82, 2.24) is 0 Å². The molecular weight excluding hydrogens is 406 g/mol. The molecule has 0 bridgehead atoms. The Balaban J connectivity index is 1.80. The van der Waals surface area contributed by atoms with E-state index in [-0.39, 0.29) is 23.8 Å². The first-order chi connectivity index (χ1) is 12.0. The van der Waals surface area contributed by atoms with Crippen LogP contribution >= 0.6 is 27.3 Å². The van der Waals surface area contributed by atoms with E-state index in [2.05, 4.69) is 21.2 Å². The maximum atomic E-state index is 12.5. The molecule has 0 saturated heterocycles. The van der Waals surface area contributed by atoms with Gasteiger partial charge in [-0.05, 0) is 29.8 Å². The molecule has 0 fully saturated rings. The highest BCUT2D eigenvalue weighted by atomic mass is 79.9. The topological polar surface area (TPSA) is 79.5 Å². The van der Waals surface area contributed by atoms with E-state index in [1.807, 2.05) is 30.3 Å². The maximum Gasteiger partial charge on any atom is 0.338 e. The number of amides is 1. The van der Waals surface area contributed by atoms with Gasteiger partial charge in [-0.15, -0.1) is 11.3 Å². The molecule has 25 heavy (non-hydrogen) atoms. The van der Waals surface area contributed by atoms with Gasteiger partial charge in [0.05, 0.1) is 23.4 Å². The van der Waals surface area contributed by atoms with Gasteiger partial charge in [-0.1, -0.05) is 28.1 Å². The van der Waals surface area contributed by atoms with Crippen LogP contribution in [0.15, 0.2) is 62.3 Å². The summed E-state index contributed by atoms with van der Waals surface area (Å²) < 4.78 is 6.44. The summed E-state index contributed by atoms with van der Waals surface area (Å²) in [6.07, 6.45) is 1.71. The Morgan fingerprint density at radius 1 is 1.20 bits per heavy atom. The molecule has 2 heterocycles. The van der Waals surface area contributed by atoms with E-state index in [1.54, 1.807) is 17.7 Å². The van der Waals surface area contributed by atoms with Crippen molar-refractivity contribution in [3.63, 3.8) is 0 Å². The predicted molar refractivity (Wildman–Crippen MR) is 99.2 cm³/mol. The Kier molecular flexibility index (Phi) is 5.35. The van der Waals surface area contributed by atoms with Crippen LogP contribution in [0.1, 0.15) is 34.0 Å². The quantitative estimate of drug-likeness (QED) is 0.591. The Hall–Kier alpha value is -2.38. The Morgan fingerprint density at radius 2 is 1.96 bits per heavy atom. The molecule has 1 amide bonds. The van der Waals surface area contributed by atoms with E-state index in [9.17, 15) is 9.59 Å². The summed E-state index contributed by atoms with van der Waals surface area (Å²) in [4.78, 5) is 23.6. The predicted octanol–water partition coefficient (Wildman–Crippen LogP) is 4.96. The normalized spacial score (nSPS) is 11.9. The van der Waals surface area contributed by atoms with Crippen LogP contribution in [-0.4, -0.2) is 17.0 Å². The number of benzene rings is 1. The molecule has 0 aliphatic heterocycles. The molecule has 128 valence electrons. The van der Waals surface area contributed by atoms with E-state index >= 15 is 0 Å². The van der Waals surface area contributed by atoms with Crippen molar-refractivity contribution in [3.05, 3.63) is 74.8 Å². The molecule has 0 radical (unpaired) electrons. The minimum atomic E-state index is -1.06. The molecule has 3 rings (SSSR count). The number of carbonyl (C=O) groups is 2. The van der Waals surface area contributed by atoms with Gasteiger partial charge in [0.15, 0.2) is 0 Å². The lowest BCUT2D eigenvalue weighted by Gasteiger charge is -2.15. The number of halogens is 1. The fourth-order valence-electron chi connectivity index (χ4n) is 2.51. The van der Waals surface area contributed by atoms with Gasteiger partial charge in [0.2, 0.25) is 5.91 Å². The zero-order valence-electron chi connectivity index (χ0n) is 12.9. The molecule has 7 heteroatoms. The number of furan rings is 1. The zero-order chi connectivity index (χ0) is 17.8. The molecule has 1 unspecified atom stereocenters. The summed E-state index contributed by atoms with van der Waals surface area (Å²) in [5.41, 5.74) is 1.35. The lowest BCUT2D eigenvalue weighted by atomic mass is 9.93. The first kappa shape index (κ1) is 17.4. The number of thiophene rings is 1. The molecular formula is C18H14BrNO4S. The van der Waals surface area contributed by atoms with Gasteiger partial charge in [-0.2, -0.15) is 0 Å². The summed E-state index contributed by atoms with van der Waals surface area (Å²) >= 11 is 4.63. The van der Waals surface area contributed by atoms with Crippen molar-refractivity contribution in [1.29, 1.82) is 0 Å². The summed E-state index contributed by atoms with van der Waals surface area (Å²) in [6.45, 7) is 0. The smallest absolute Gasteiger partial charge is 0.338 e. The molecule has 0 aliphatic carbocycles. The maximum absolute atomic E-state index is 12.5. The van der Waals surface area contributed by atoms with Crippen LogP contribution in [-0.2, 0) is 4.79 Å². The fraction of sp³-hybridized carbons (Fsp3) is 0.111. The third-order valence-corrected chi connectivity index (χ3v) is 4.99. The van der Waals surface area contributed by atoms with Gasteiger partial charge in [-0.3, -0.25) is 4.79 Å². The Labute approximate surface area is 156 Å². The second kappa shape index (κ2) is 7.67. The van der Waals surface area contributed by atoms with Gasteiger partial charge in [0.25, 0.3) is 0 Å². The van der Waals surface area contributed by atoms with Gasteiger partial charge >= 0.3 is 5.97 Å². The number of carbonyl (C=O) groups excluding carboxylic acids is 1. The lowest BCUT2D eigenvalue weighted by molar-refractivity contribution is -0.116. The third-order valence-electron chi connectivity index (χ3n) is 3.71. The molecule has 0 saturated carbocycles. The Morgan fingerprint density at radius 3 is 2.60 bits per heavy atom. The van der Waals surface area contributed by atoms with Gasteiger partial charge in [-0.25, -0.2) is 4.79 Å². The SMILES string of the molecule is O=C(CC(c1ccc(Br)cc1)c1ccco1)Nc1cscc1C(=O)O.